The monoisotopic (exact) mass is 799 g/mol. The van der Waals surface area contributed by atoms with Crippen molar-refractivity contribution >= 4 is 73.9 Å². The molecule has 0 spiro atoms. The van der Waals surface area contributed by atoms with Crippen LogP contribution < -0.4 is 0 Å². The molecule has 12 aromatic rings. The summed E-state index contributed by atoms with van der Waals surface area (Å²) in [6.45, 7) is 0. The fourth-order valence-corrected chi connectivity index (χ4v) is 11.0. The summed E-state index contributed by atoms with van der Waals surface area (Å²) in [5.74, 6) is 0.683. The average Bonchev–Trinajstić information content (AvgIpc) is 3.91. The topological polar surface area (TPSA) is 38.7 Å². The number of benzene rings is 8. The predicted octanol–water partition coefficient (Wildman–Crippen LogP) is 15.8. The lowest BCUT2D eigenvalue weighted by molar-refractivity contribution is 1.19. The second-order valence-corrected chi connectivity index (χ2v) is 17.2. The number of hydrogen-bond acceptors (Lipinski definition) is 5. The van der Waals surface area contributed by atoms with E-state index in [4.69, 9.17) is 15.0 Å². The third-order valence-electron chi connectivity index (χ3n) is 11.5. The molecule has 0 atom stereocenters. The Morgan fingerprint density at radius 3 is 1.68 bits per heavy atom. The Morgan fingerprint density at radius 1 is 0.317 bits per heavy atom. The van der Waals surface area contributed by atoms with Crippen molar-refractivity contribution in [3.63, 3.8) is 0 Å². The quantitative estimate of drug-likeness (QED) is 0.168. The Labute approximate surface area is 354 Å². The van der Waals surface area contributed by atoms with Crippen LogP contribution >= 0.6 is 22.7 Å². The molecule has 4 heterocycles. The molecule has 0 aliphatic rings. The van der Waals surface area contributed by atoms with Crippen LogP contribution in [-0.2, 0) is 0 Å². The zero-order valence-corrected chi connectivity index (χ0v) is 33.8. The van der Waals surface area contributed by atoms with E-state index in [1.807, 2.05) is 28.7 Å². The Kier molecular flexibility index (Phi) is 8.22. The highest BCUT2D eigenvalue weighted by Crippen LogP contribution is 2.45. The van der Waals surface area contributed by atoms with Gasteiger partial charge in [-0.25, -0.2) is 15.0 Å². The first-order valence-electron chi connectivity index (χ1n) is 20.1. The Hall–Kier alpha value is -7.31. The zero-order chi connectivity index (χ0) is 39.6. The van der Waals surface area contributed by atoms with Gasteiger partial charge in [-0.2, -0.15) is 0 Å². The number of thiophene rings is 2. The van der Waals surface area contributed by atoms with Gasteiger partial charge in [0.25, 0.3) is 0 Å². The molecule has 0 unspecified atom stereocenters. The summed E-state index contributed by atoms with van der Waals surface area (Å²) in [6, 6.07) is 71.2. The lowest BCUT2D eigenvalue weighted by Gasteiger charge is -2.12. The highest BCUT2D eigenvalue weighted by molar-refractivity contribution is 7.26. The number of pyridine rings is 1. The summed E-state index contributed by atoms with van der Waals surface area (Å²) in [4.78, 5) is 16.0. The van der Waals surface area contributed by atoms with Crippen molar-refractivity contribution in [3.8, 4) is 67.4 Å². The van der Waals surface area contributed by atoms with Crippen molar-refractivity contribution in [3.05, 3.63) is 200 Å². The molecule has 280 valence electrons. The van der Waals surface area contributed by atoms with Crippen molar-refractivity contribution in [1.29, 1.82) is 0 Å². The first kappa shape index (κ1) is 34.7. The fourth-order valence-electron chi connectivity index (χ4n) is 8.57. The van der Waals surface area contributed by atoms with Gasteiger partial charge in [-0.15, -0.1) is 22.7 Å². The minimum atomic E-state index is 0.683. The van der Waals surface area contributed by atoms with E-state index in [0.29, 0.717) is 5.82 Å². The molecule has 0 aliphatic carbocycles. The maximum absolute atomic E-state index is 5.45. The van der Waals surface area contributed by atoms with Crippen LogP contribution in [0.5, 0.6) is 0 Å². The fraction of sp³-hybridized carbons (Fsp3) is 0. The van der Waals surface area contributed by atoms with Gasteiger partial charge in [0, 0.05) is 63.3 Å². The molecule has 12 rings (SSSR count). The molecule has 8 aromatic carbocycles. The van der Waals surface area contributed by atoms with Crippen LogP contribution in [0.15, 0.2) is 200 Å². The lowest BCUT2D eigenvalue weighted by atomic mass is 9.97. The van der Waals surface area contributed by atoms with Gasteiger partial charge in [0.1, 0.15) is 0 Å². The van der Waals surface area contributed by atoms with E-state index < -0.39 is 0 Å². The third kappa shape index (κ3) is 5.90. The molecule has 0 saturated carbocycles. The first-order chi connectivity index (χ1) is 29.7. The Bertz CT molecular complexity index is 3590. The summed E-state index contributed by atoms with van der Waals surface area (Å²) in [5.41, 5.74) is 12.7. The molecular weight excluding hydrogens is 767 g/mol. The van der Waals surface area contributed by atoms with E-state index in [1.165, 1.54) is 62.6 Å². The van der Waals surface area contributed by atoms with Gasteiger partial charge in [0.2, 0.25) is 0 Å². The second kappa shape index (κ2) is 14.2. The molecular formula is C55H33N3S2. The number of fused-ring (bicyclic) bond motifs is 8. The van der Waals surface area contributed by atoms with E-state index in [0.717, 1.165) is 50.2 Å². The number of nitrogens with zero attached hydrogens (tertiary/aromatic N) is 3. The van der Waals surface area contributed by atoms with Crippen LogP contribution in [0.25, 0.3) is 119 Å². The van der Waals surface area contributed by atoms with E-state index in [1.54, 1.807) is 0 Å². The summed E-state index contributed by atoms with van der Waals surface area (Å²) in [6.07, 6.45) is 0. The van der Waals surface area contributed by atoms with Gasteiger partial charge in [0.15, 0.2) is 5.82 Å². The van der Waals surface area contributed by atoms with Gasteiger partial charge >= 0.3 is 0 Å². The molecule has 0 radical (unpaired) electrons. The molecule has 0 amide bonds. The van der Waals surface area contributed by atoms with Crippen LogP contribution in [0.4, 0.5) is 0 Å². The third-order valence-corrected chi connectivity index (χ3v) is 13.9. The van der Waals surface area contributed by atoms with Crippen LogP contribution in [0.2, 0.25) is 0 Å². The number of hydrogen-bond donors (Lipinski definition) is 0. The van der Waals surface area contributed by atoms with Gasteiger partial charge < -0.3 is 0 Å². The predicted molar refractivity (Wildman–Crippen MR) is 256 cm³/mol. The second-order valence-electron chi connectivity index (χ2n) is 15.1. The van der Waals surface area contributed by atoms with E-state index in [9.17, 15) is 0 Å². The normalized spacial score (nSPS) is 11.7. The van der Waals surface area contributed by atoms with Crippen molar-refractivity contribution in [2.24, 2.45) is 0 Å². The van der Waals surface area contributed by atoms with Crippen molar-refractivity contribution < 1.29 is 0 Å². The van der Waals surface area contributed by atoms with Crippen LogP contribution in [0, 0.1) is 0 Å². The van der Waals surface area contributed by atoms with Crippen LogP contribution in [0.3, 0.4) is 0 Å². The lowest BCUT2D eigenvalue weighted by Crippen LogP contribution is -1.96. The Morgan fingerprint density at radius 2 is 0.883 bits per heavy atom. The van der Waals surface area contributed by atoms with Crippen LogP contribution in [-0.4, -0.2) is 15.0 Å². The molecule has 0 N–H and O–H groups in total. The van der Waals surface area contributed by atoms with E-state index in [-0.39, 0.29) is 0 Å². The zero-order valence-electron chi connectivity index (χ0n) is 32.2. The molecule has 0 saturated heterocycles. The van der Waals surface area contributed by atoms with Gasteiger partial charge in [-0.3, -0.25) is 0 Å². The minimum absolute atomic E-state index is 0.683. The van der Waals surface area contributed by atoms with E-state index in [2.05, 4.69) is 194 Å². The molecule has 5 heteroatoms. The summed E-state index contributed by atoms with van der Waals surface area (Å²) in [5, 5.41) is 6.17. The number of aromatic nitrogens is 3. The minimum Gasteiger partial charge on any atom is -0.246 e. The van der Waals surface area contributed by atoms with Crippen molar-refractivity contribution in [1.82, 2.24) is 15.0 Å². The first-order valence-corrected chi connectivity index (χ1v) is 21.7. The summed E-state index contributed by atoms with van der Waals surface area (Å²) < 4.78 is 4.93. The maximum atomic E-state index is 5.45. The maximum Gasteiger partial charge on any atom is 0.160 e. The molecule has 60 heavy (non-hydrogen) atoms. The number of rotatable bonds is 6. The van der Waals surface area contributed by atoms with Crippen molar-refractivity contribution in [2.45, 2.75) is 0 Å². The molecule has 4 aromatic heterocycles. The average molecular weight is 800 g/mol. The summed E-state index contributed by atoms with van der Waals surface area (Å²) in [7, 11) is 0. The molecule has 0 fully saturated rings. The van der Waals surface area contributed by atoms with E-state index >= 15 is 0 Å². The SMILES string of the molecule is c1ccc(-c2ccc(-c3ccc4nc(-c5cccc(-c6nc(-c7ccccc7)cc(-c7cccc8c7sc7ccccc78)n6)c5)c5sc6ccccc6c5c4c3)cc2)cc1. The largest absolute Gasteiger partial charge is 0.246 e. The Balaban J connectivity index is 1.01. The molecule has 3 nitrogen and oxygen atoms in total. The molecule has 0 bridgehead atoms. The van der Waals surface area contributed by atoms with Gasteiger partial charge in [-0.05, 0) is 58.7 Å². The van der Waals surface area contributed by atoms with Crippen LogP contribution in [0.1, 0.15) is 0 Å². The standard InChI is InChI=1S/C55H33N3S2/c1-3-13-34(14-4-1)35-25-27-36(28-26-35)38-29-30-46-45(32-38)51-44-20-8-10-24-50(44)60-54(51)52(56-46)39-17-11-18-40(31-39)55-57-47(37-15-5-2-6-16-37)33-48(58-55)43-22-12-21-42-41-19-7-9-23-49(41)59-53(42)43/h1-33H. The summed E-state index contributed by atoms with van der Waals surface area (Å²) >= 11 is 3.63. The molecule has 0 aliphatic heterocycles. The highest BCUT2D eigenvalue weighted by atomic mass is 32.1. The smallest absolute Gasteiger partial charge is 0.160 e. The van der Waals surface area contributed by atoms with Gasteiger partial charge in [0.05, 0.1) is 27.3 Å². The van der Waals surface area contributed by atoms with Crippen molar-refractivity contribution in [2.75, 3.05) is 0 Å². The highest BCUT2D eigenvalue weighted by Gasteiger charge is 2.19. The van der Waals surface area contributed by atoms with Gasteiger partial charge in [-0.1, -0.05) is 164 Å².